The molecule has 3 amide bonds. The highest BCUT2D eigenvalue weighted by Crippen LogP contribution is 2.27. The molecule has 35 heavy (non-hydrogen) atoms. The van der Waals surface area contributed by atoms with Gasteiger partial charge < -0.3 is 30.8 Å². The minimum absolute atomic E-state index is 0.0197. The van der Waals surface area contributed by atoms with Gasteiger partial charge in [0.1, 0.15) is 11.8 Å². The van der Waals surface area contributed by atoms with Gasteiger partial charge in [-0.1, -0.05) is 23.2 Å². The lowest BCUT2D eigenvalue weighted by Crippen LogP contribution is -2.51. The summed E-state index contributed by atoms with van der Waals surface area (Å²) in [5.41, 5.74) is 0.415. The Morgan fingerprint density at radius 2 is 1.94 bits per heavy atom. The van der Waals surface area contributed by atoms with Crippen LogP contribution in [0.4, 0.5) is 0 Å². The Labute approximate surface area is 211 Å². The van der Waals surface area contributed by atoms with Gasteiger partial charge in [0, 0.05) is 19.2 Å². The maximum Gasteiger partial charge on any atom is 0.328 e. The fourth-order valence-corrected chi connectivity index (χ4v) is 4.11. The van der Waals surface area contributed by atoms with E-state index < -0.39 is 17.9 Å². The summed E-state index contributed by atoms with van der Waals surface area (Å²) in [5.74, 6) is -2.32. The van der Waals surface area contributed by atoms with Crippen molar-refractivity contribution in [3.8, 4) is 0 Å². The van der Waals surface area contributed by atoms with Crippen LogP contribution < -0.4 is 21.3 Å². The highest BCUT2D eigenvalue weighted by atomic mass is 35.5. The van der Waals surface area contributed by atoms with E-state index in [1.807, 2.05) is 0 Å². The summed E-state index contributed by atoms with van der Waals surface area (Å²) < 4.78 is 5.11. The van der Waals surface area contributed by atoms with Crippen molar-refractivity contribution in [1.82, 2.24) is 21.3 Å². The van der Waals surface area contributed by atoms with Gasteiger partial charge in [-0.2, -0.15) is 0 Å². The Morgan fingerprint density at radius 1 is 1.20 bits per heavy atom. The van der Waals surface area contributed by atoms with Crippen molar-refractivity contribution in [2.45, 2.75) is 31.5 Å². The van der Waals surface area contributed by atoms with Crippen LogP contribution in [0, 0.1) is 0 Å². The van der Waals surface area contributed by atoms with Crippen molar-refractivity contribution in [3.63, 3.8) is 0 Å². The third kappa shape index (κ3) is 7.57. The number of hydrogen-bond donors (Lipinski definition) is 5. The number of carboxylic acid groups (broad SMARTS) is 1. The minimum Gasteiger partial charge on any atom is -0.480 e. The molecular formula is C23H24Cl2N4O6. The van der Waals surface area contributed by atoms with Crippen LogP contribution in [-0.4, -0.2) is 54.0 Å². The summed E-state index contributed by atoms with van der Waals surface area (Å²) in [7, 11) is 0. The summed E-state index contributed by atoms with van der Waals surface area (Å²) in [6, 6.07) is 4.52. The van der Waals surface area contributed by atoms with Gasteiger partial charge in [0.2, 0.25) is 11.8 Å². The predicted octanol–water partition coefficient (Wildman–Crippen LogP) is 1.97. The number of hydrogen-bond acceptors (Lipinski definition) is 6. The molecule has 0 bridgehead atoms. The van der Waals surface area contributed by atoms with Gasteiger partial charge in [-0.05, 0) is 55.3 Å². The van der Waals surface area contributed by atoms with Crippen LogP contribution in [0.1, 0.15) is 34.5 Å². The Morgan fingerprint density at radius 3 is 2.54 bits per heavy atom. The second kappa shape index (κ2) is 12.4. The number of carbonyl (C=O) groups excluding carboxylic acids is 3. The van der Waals surface area contributed by atoms with Gasteiger partial charge in [0.15, 0.2) is 0 Å². The van der Waals surface area contributed by atoms with Crippen LogP contribution in [0.15, 0.2) is 41.0 Å². The molecule has 0 saturated carbocycles. The Bertz CT molecular complexity index is 1090. The van der Waals surface area contributed by atoms with Crippen molar-refractivity contribution in [2.75, 3.05) is 13.1 Å². The van der Waals surface area contributed by atoms with Gasteiger partial charge in [-0.15, -0.1) is 0 Å². The zero-order valence-corrected chi connectivity index (χ0v) is 20.0. The van der Waals surface area contributed by atoms with Gasteiger partial charge in [-0.25, -0.2) is 4.79 Å². The molecule has 3 rings (SSSR count). The first-order valence-electron chi connectivity index (χ1n) is 10.8. The summed E-state index contributed by atoms with van der Waals surface area (Å²) in [6.45, 7) is 0.500. The monoisotopic (exact) mass is 522 g/mol. The fourth-order valence-electron chi connectivity index (χ4n) is 3.40. The molecule has 0 radical (unpaired) electrons. The highest BCUT2D eigenvalue weighted by Gasteiger charge is 2.27. The zero-order chi connectivity index (χ0) is 25.4. The van der Waals surface area contributed by atoms with Crippen LogP contribution in [0.5, 0.6) is 0 Å². The largest absolute Gasteiger partial charge is 0.480 e. The van der Waals surface area contributed by atoms with Gasteiger partial charge in [0.25, 0.3) is 5.91 Å². The number of carbonyl (C=O) groups is 4. The molecule has 0 unspecified atom stereocenters. The number of nitrogens with one attached hydrogen (secondary N) is 4. The fraction of sp³-hybridized carbons (Fsp3) is 0.304. The molecule has 5 N–H and O–H groups in total. The van der Waals surface area contributed by atoms with E-state index in [9.17, 15) is 24.3 Å². The number of furan rings is 1. The topological polar surface area (TPSA) is 150 Å². The molecule has 1 saturated heterocycles. The number of aliphatic carboxylic acids is 1. The van der Waals surface area contributed by atoms with Crippen LogP contribution in [0.2, 0.25) is 10.0 Å². The van der Waals surface area contributed by atoms with Crippen LogP contribution in [0.3, 0.4) is 0 Å². The highest BCUT2D eigenvalue weighted by molar-refractivity contribution is 6.39. The summed E-state index contributed by atoms with van der Waals surface area (Å²) in [4.78, 5) is 48.4. The first-order chi connectivity index (χ1) is 16.7. The van der Waals surface area contributed by atoms with Crippen molar-refractivity contribution < 1.29 is 28.7 Å². The molecule has 12 heteroatoms. The number of rotatable bonds is 10. The smallest absolute Gasteiger partial charge is 0.328 e. The first-order valence-corrected chi connectivity index (χ1v) is 11.5. The third-order valence-corrected chi connectivity index (χ3v) is 5.79. The maximum atomic E-state index is 12.7. The quantitative estimate of drug-likeness (QED) is 0.299. The lowest BCUT2D eigenvalue weighted by Gasteiger charge is -2.18. The van der Waals surface area contributed by atoms with Crippen molar-refractivity contribution in [2.24, 2.45) is 0 Å². The molecular weight excluding hydrogens is 499 g/mol. The standard InChI is InChI=1S/C23H24Cl2N4O6/c24-15-9-13(11-27-19(30)6-5-14-3-2-8-35-14)10-16(25)20(15)22(32)29-18(23(33)34)12-28-21(31)17-4-1-7-26-17/h2-3,5-6,8-10,17-18,26H,1,4,7,11-12H2,(H,27,30)(H,28,31)(H,29,32)(H,33,34)/b6-5+/t17-,18+/m1/s1. The molecule has 0 aliphatic carbocycles. The lowest BCUT2D eigenvalue weighted by molar-refractivity contribution is -0.139. The summed E-state index contributed by atoms with van der Waals surface area (Å²) in [6.07, 6.45) is 5.82. The molecule has 186 valence electrons. The second-order valence-electron chi connectivity index (χ2n) is 7.76. The third-order valence-electron chi connectivity index (χ3n) is 5.20. The molecule has 1 fully saturated rings. The molecule has 1 aliphatic heterocycles. The number of carboxylic acids is 1. The van der Waals surface area contributed by atoms with Crippen LogP contribution in [0.25, 0.3) is 6.08 Å². The number of benzene rings is 1. The molecule has 1 aliphatic rings. The Kier molecular flexibility index (Phi) is 9.30. The normalized spacial score (nSPS) is 16.1. The molecule has 1 aromatic carbocycles. The van der Waals surface area contributed by atoms with E-state index >= 15 is 0 Å². The van der Waals surface area contributed by atoms with E-state index in [1.165, 1.54) is 30.5 Å². The predicted molar refractivity (Wildman–Crippen MR) is 129 cm³/mol. The number of halogens is 2. The van der Waals surface area contributed by atoms with Crippen LogP contribution in [-0.2, 0) is 20.9 Å². The molecule has 2 atom stereocenters. The van der Waals surface area contributed by atoms with Gasteiger partial charge in [-0.3, -0.25) is 14.4 Å². The number of amides is 3. The Balaban J connectivity index is 1.58. The molecule has 10 nitrogen and oxygen atoms in total. The van der Waals surface area contributed by atoms with E-state index in [0.29, 0.717) is 17.7 Å². The second-order valence-corrected chi connectivity index (χ2v) is 8.57. The average molecular weight is 523 g/mol. The zero-order valence-electron chi connectivity index (χ0n) is 18.5. The van der Waals surface area contributed by atoms with E-state index in [1.54, 1.807) is 12.1 Å². The maximum absolute atomic E-state index is 12.7. The minimum atomic E-state index is -1.39. The first kappa shape index (κ1) is 26.3. The van der Waals surface area contributed by atoms with Gasteiger partial charge >= 0.3 is 5.97 Å². The lowest BCUT2D eigenvalue weighted by atomic mass is 10.1. The van der Waals surface area contributed by atoms with E-state index in [-0.39, 0.29) is 46.6 Å². The Hall–Kier alpha value is -3.34. The molecule has 2 heterocycles. The summed E-state index contributed by atoms with van der Waals surface area (Å²) >= 11 is 12.5. The van der Waals surface area contributed by atoms with E-state index in [4.69, 9.17) is 27.6 Å². The molecule has 1 aromatic heterocycles. The van der Waals surface area contributed by atoms with Crippen molar-refractivity contribution in [1.29, 1.82) is 0 Å². The van der Waals surface area contributed by atoms with E-state index in [0.717, 1.165) is 13.0 Å². The molecule has 2 aromatic rings. The summed E-state index contributed by atoms with van der Waals surface area (Å²) in [5, 5.41) is 19.9. The van der Waals surface area contributed by atoms with Crippen molar-refractivity contribution in [3.05, 3.63) is 63.5 Å². The van der Waals surface area contributed by atoms with Crippen LogP contribution >= 0.6 is 23.2 Å². The SMILES string of the molecule is O=C(/C=C/c1ccco1)NCc1cc(Cl)c(C(=O)N[C@@H](CNC(=O)[C@H]2CCCN2)C(=O)O)c(Cl)c1. The average Bonchev–Trinajstić information content (AvgIpc) is 3.52. The molecule has 0 spiro atoms. The van der Waals surface area contributed by atoms with Gasteiger partial charge in [0.05, 0.1) is 27.9 Å². The van der Waals surface area contributed by atoms with E-state index in [2.05, 4.69) is 21.3 Å². The van der Waals surface area contributed by atoms with Crippen molar-refractivity contribution >= 4 is 53.0 Å².